The Balaban J connectivity index is 1.95. The molecular weight excluding hydrogens is 330 g/mol. The van der Waals surface area contributed by atoms with Crippen molar-refractivity contribution >= 4 is 29.2 Å². The van der Waals surface area contributed by atoms with E-state index >= 15 is 0 Å². The fraction of sp³-hybridized carbons (Fsp3) is 0.353. The summed E-state index contributed by atoms with van der Waals surface area (Å²) in [6.45, 7) is 4.00. The number of aromatic nitrogens is 2. The number of carbonyl (C=O) groups is 2. The van der Waals surface area contributed by atoms with Crippen molar-refractivity contribution in [2.45, 2.75) is 33.2 Å². The molecule has 7 heteroatoms. The van der Waals surface area contributed by atoms with Crippen LogP contribution in [0.2, 0.25) is 5.15 Å². The minimum atomic E-state index is -0.650. The summed E-state index contributed by atoms with van der Waals surface area (Å²) in [6, 6.07) is 8.94. The fourth-order valence-electron chi connectivity index (χ4n) is 2.16. The standard InChI is InChI=1S/C17H20ClN3O3/c1-3-4-10-21-16(18)15(12(2)20-21)17(23)24-11-14(22)19-13-8-6-5-7-9-13/h5-9H,3-4,10-11H2,1-2H3,(H,19,22). The summed E-state index contributed by atoms with van der Waals surface area (Å²) >= 11 is 6.20. The van der Waals surface area contributed by atoms with Crippen LogP contribution in [0.3, 0.4) is 0 Å². The molecule has 0 atom stereocenters. The Morgan fingerprint density at radius 3 is 2.67 bits per heavy atom. The molecule has 6 nitrogen and oxygen atoms in total. The van der Waals surface area contributed by atoms with E-state index in [-0.39, 0.29) is 17.3 Å². The van der Waals surface area contributed by atoms with Crippen molar-refractivity contribution in [3.8, 4) is 0 Å². The maximum atomic E-state index is 12.2. The van der Waals surface area contributed by atoms with Crippen LogP contribution in [-0.4, -0.2) is 28.3 Å². The molecule has 0 saturated carbocycles. The first-order valence-corrected chi connectivity index (χ1v) is 8.15. The minimum Gasteiger partial charge on any atom is -0.452 e. The molecular formula is C17H20ClN3O3. The van der Waals surface area contributed by atoms with Gasteiger partial charge in [0.1, 0.15) is 10.7 Å². The second kappa shape index (κ2) is 8.49. The van der Waals surface area contributed by atoms with E-state index in [0.717, 1.165) is 12.8 Å². The average Bonchev–Trinajstić information content (AvgIpc) is 2.85. The molecule has 128 valence electrons. The van der Waals surface area contributed by atoms with Crippen LogP contribution >= 0.6 is 11.6 Å². The number of halogens is 1. The fourth-order valence-corrected chi connectivity index (χ4v) is 2.50. The van der Waals surface area contributed by atoms with Crippen molar-refractivity contribution < 1.29 is 14.3 Å². The van der Waals surface area contributed by atoms with Gasteiger partial charge in [0, 0.05) is 12.2 Å². The van der Waals surface area contributed by atoms with Crippen molar-refractivity contribution in [2.75, 3.05) is 11.9 Å². The number of nitrogens with one attached hydrogen (secondary N) is 1. The zero-order chi connectivity index (χ0) is 17.5. The lowest BCUT2D eigenvalue weighted by Crippen LogP contribution is -2.21. The summed E-state index contributed by atoms with van der Waals surface area (Å²) in [6.07, 6.45) is 1.91. The second-order valence-electron chi connectivity index (χ2n) is 5.32. The topological polar surface area (TPSA) is 73.2 Å². The predicted molar refractivity (Wildman–Crippen MR) is 92.2 cm³/mol. The molecule has 0 aliphatic heterocycles. The highest BCUT2D eigenvalue weighted by Gasteiger charge is 2.22. The molecule has 24 heavy (non-hydrogen) atoms. The minimum absolute atomic E-state index is 0.209. The second-order valence-corrected chi connectivity index (χ2v) is 5.68. The van der Waals surface area contributed by atoms with E-state index in [0.29, 0.717) is 17.9 Å². The normalized spacial score (nSPS) is 10.5. The van der Waals surface area contributed by atoms with Gasteiger partial charge in [0.25, 0.3) is 5.91 Å². The van der Waals surface area contributed by atoms with Crippen LogP contribution in [0.4, 0.5) is 5.69 Å². The summed E-state index contributed by atoms with van der Waals surface area (Å²) in [5.74, 6) is -1.06. The number of aryl methyl sites for hydroxylation is 2. The number of benzene rings is 1. The van der Waals surface area contributed by atoms with Crippen LogP contribution in [0.25, 0.3) is 0 Å². The number of para-hydroxylation sites is 1. The van der Waals surface area contributed by atoms with Crippen LogP contribution in [0.15, 0.2) is 30.3 Å². The molecule has 1 N–H and O–H groups in total. The molecule has 1 aromatic carbocycles. The summed E-state index contributed by atoms with van der Waals surface area (Å²) in [4.78, 5) is 24.0. The molecule has 0 radical (unpaired) electrons. The molecule has 2 aromatic rings. The molecule has 1 heterocycles. The van der Waals surface area contributed by atoms with Gasteiger partial charge in [-0.3, -0.25) is 9.48 Å². The molecule has 0 spiro atoms. The van der Waals surface area contributed by atoms with E-state index in [4.69, 9.17) is 16.3 Å². The lowest BCUT2D eigenvalue weighted by atomic mass is 10.2. The molecule has 0 bridgehead atoms. The van der Waals surface area contributed by atoms with Gasteiger partial charge >= 0.3 is 5.97 Å². The highest BCUT2D eigenvalue weighted by Crippen LogP contribution is 2.21. The van der Waals surface area contributed by atoms with E-state index in [1.54, 1.807) is 35.9 Å². The van der Waals surface area contributed by atoms with Gasteiger partial charge in [-0.05, 0) is 25.5 Å². The van der Waals surface area contributed by atoms with Crippen molar-refractivity contribution in [3.05, 3.63) is 46.7 Å². The average molecular weight is 350 g/mol. The monoisotopic (exact) mass is 349 g/mol. The molecule has 0 aliphatic rings. The van der Waals surface area contributed by atoms with E-state index < -0.39 is 11.9 Å². The third kappa shape index (κ3) is 4.58. The zero-order valence-electron chi connectivity index (χ0n) is 13.7. The maximum absolute atomic E-state index is 12.2. The van der Waals surface area contributed by atoms with Gasteiger partial charge in [-0.15, -0.1) is 0 Å². The third-order valence-corrected chi connectivity index (χ3v) is 3.77. The van der Waals surface area contributed by atoms with Crippen LogP contribution in [-0.2, 0) is 16.1 Å². The van der Waals surface area contributed by atoms with Crippen LogP contribution in [0, 0.1) is 6.92 Å². The van der Waals surface area contributed by atoms with Crippen LogP contribution in [0.5, 0.6) is 0 Å². The Bertz CT molecular complexity index is 713. The molecule has 2 rings (SSSR count). The number of ether oxygens (including phenoxy) is 1. The van der Waals surface area contributed by atoms with E-state index in [9.17, 15) is 9.59 Å². The number of hydrogen-bond donors (Lipinski definition) is 1. The first-order valence-electron chi connectivity index (χ1n) is 7.77. The van der Waals surface area contributed by atoms with Crippen molar-refractivity contribution in [1.82, 2.24) is 9.78 Å². The number of unbranched alkanes of at least 4 members (excludes halogenated alkanes) is 1. The summed E-state index contributed by atoms with van der Waals surface area (Å²) in [5.41, 5.74) is 1.34. The quantitative estimate of drug-likeness (QED) is 0.777. The number of carbonyl (C=O) groups excluding carboxylic acids is 2. The number of anilines is 1. The zero-order valence-corrected chi connectivity index (χ0v) is 14.5. The van der Waals surface area contributed by atoms with Gasteiger partial charge < -0.3 is 10.1 Å². The van der Waals surface area contributed by atoms with E-state index in [2.05, 4.69) is 17.3 Å². The first kappa shape index (κ1) is 18.0. The van der Waals surface area contributed by atoms with Crippen molar-refractivity contribution in [3.63, 3.8) is 0 Å². The first-order chi connectivity index (χ1) is 11.5. The lowest BCUT2D eigenvalue weighted by molar-refractivity contribution is -0.119. The van der Waals surface area contributed by atoms with E-state index in [1.165, 1.54) is 0 Å². The Labute approximate surface area is 145 Å². The van der Waals surface area contributed by atoms with Gasteiger partial charge in [-0.25, -0.2) is 4.79 Å². The Hall–Kier alpha value is -2.34. The SMILES string of the molecule is CCCCn1nc(C)c(C(=O)OCC(=O)Nc2ccccc2)c1Cl. The van der Waals surface area contributed by atoms with Crippen LogP contribution < -0.4 is 5.32 Å². The predicted octanol–water partition coefficient (Wildman–Crippen LogP) is 3.44. The highest BCUT2D eigenvalue weighted by atomic mass is 35.5. The maximum Gasteiger partial charge on any atom is 0.343 e. The van der Waals surface area contributed by atoms with Crippen molar-refractivity contribution in [2.24, 2.45) is 0 Å². The number of amides is 1. The molecule has 1 aromatic heterocycles. The molecule has 1 amide bonds. The van der Waals surface area contributed by atoms with Gasteiger partial charge in [-0.1, -0.05) is 43.1 Å². The van der Waals surface area contributed by atoms with Crippen LogP contribution in [0.1, 0.15) is 35.8 Å². The Morgan fingerprint density at radius 1 is 1.29 bits per heavy atom. The Morgan fingerprint density at radius 2 is 2.00 bits per heavy atom. The number of nitrogens with zero attached hydrogens (tertiary/aromatic N) is 2. The molecule has 0 saturated heterocycles. The molecule has 0 fully saturated rings. The van der Waals surface area contributed by atoms with Gasteiger partial charge in [-0.2, -0.15) is 5.10 Å². The largest absolute Gasteiger partial charge is 0.452 e. The summed E-state index contributed by atoms with van der Waals surface area (Å²) in [5, 5.41) is 7.13. The number of rotatable bonds is 7. The van der Waals surface area contributed by atoms with Gasteiger partial charge in [0.05, 0.1) is 5.69 Å². The van der Waals surface area contributed by atoms with Gasteiger partial charge in [0.15, 0.2) is 6.61 Å². The number of esters is 1. The summed E-state index contributed by atoms with van der Waals surface area (Å²) in [7, 11) is 0. The molecule has 0 unspecified atom stereocenters. The smallest absolute Gasteiger partial charge is 0.343 e. The Kier molecular flexibility index (Phi) is 6.37. The summed E-state index contributed by atoms with van der Waals surface area (Å²) < 4.78 is 6.64. The lowest BCUT2D eigenvalue weighted by Gasteiger charge is -2.06. The molecule has 0 aliphatic carbocycles. The third-order valence-electron chi connectivity index (χ3n) is 3.38. The van der Waals surface area contributed by atoms with E-state index in [1.807, 2.05) is 6.07 Å². The van der Waals surface area contributed by atoms with Crippen molar-refractivity contribution in [1.29, 1.82) is 0 Å². The number of hydrogen-bond acceptors (Lipinski definition) is 4. The highest BCUT2D eigenvalue weighted by molar-refractivity contribution is 6.32. The van der Waals surface area contributed by atoms with Gasteiger partial charge in [0.2, 0.25) is 0 Å².